The normalized spacial score (nSPS) is 24.2. The summed E-state index contributed by atoms with van der Waals surface area (Å²) in [6.07, 6.45) is 4.85. The standard InChI is InChI=1S/C15H19Cl2NO2/c16-10-7-11-13(3-6-20-14(11)12(17)8-10)18-9-15(19)4-1-2-5-15/h7-8,13,18-19H,1-6,9H2. The van der Waals surface area contributed by atoms with Gasteiger partial charge in [0.25, 0.3) is 0 Å². The van der Waals surface area contributed by atoms with Crippen molar-refractivity contribution in [3.63, 3.8) is 0 Å². The van der Waals surface area contributed by atoms with E-state index in [1.165, 1.54) is 0 Å². The van der Waals surface area contributed by atoms with Crippen molar-refractivity contribution in [3.8, 4) is 5.75 Å². The van der Waals surface area contributed by atoms with E-state index in [1.54, 1.807) is 6.07 Å². The van der Waals surface area contributed by atoms with Gasteiger partial charge in [-0.25, -0.2) is 0 Å². The molecule has 5 heteroatoms. The van der Waals surface area contributed by atoms with Gasteiger partial charge < -0.3 is 15.2 Å². The lowest BCUT2D eigenvalue weighted by Crippen LogP contribution is -2.40. The number of benzene rings is 1. The minimum atomic E-state index is -0.555. The molecule has 1 aromatic carbocycles. The third-order valence-electron chi connectivity index (χ3n) is 4.28. The molecule has 0 saturated heterocycles. The molecule has 1 saturated carbocycles. The largest absolute Gasteiger partial charge is 0.492 e. The maximum atomic E-state index is 10.4. The predicted molar refractivity (Wildman–Crippen MR) is 80.7 cm³/mol. The minimum absolute atomic E-state index is 0.138. The third-order valence-corrected chi connectivity index (χ3v) is 4.78. The zero-order valence-corrected chi connectivity index (χ0v) is 12.8. The number of hydrogen-bond donors (Lipinski definition) is 2. The van der Waals surface area contributed by atoms with Gasteiger partial charge in [0, 0.05) is 29.6 Å². The second kappa shape index (κ2) is 5.72. The van der Waals surface area contributed by atoms with Gasteiger partial charge in [0.1, 0.15) is 5.75 Å². The van der Waals surface area contributed by atoms with Crippen LogP contribution >= 0.6 is 23.2 Å². The maximum absolute atomic E-state index is 10.4. The highest BCUT2D eigenvalue weighted by atomic mass is 35.5. The van der Waals surface area contributed by atoms with Gasteiger partial charge in [0.05, 0.1) is 17.2 Å². The Bertz CT molecular complexity index is 501. The third kappa shape index (κ3) is 2.91. The zero-order valence-electron chi connectivity index (χ0n) is 11.3. The summed E-state index contributed by atoms with van der Waals surface area (Å²) in [5.41, 5.74) is 0.441. The molecule has 1 aliphatic heterocycles. The molecule has 0 radical (unpaired) electrons. The van der Waals surface area contributed by atoms with E-state index in [0.717, 1.165) is 43.4 Å². The highest BCUT2D eigenvalue weighted by Gasteiger charge is 2.33. The van der Waals surface area contributed by atoms with Crippen LogP contribution < -0.4 is 10.1 Å². The van der Waals surface area contributed by atoms with Crippen LogP contribution in [0.25, 0.3) is 0 Å². The summed E-state index contributed by atoms with van der Waals surface area (Å²) in [5.74, 6) is 0.721. The predicted octanol–water partition coefficient (Wildman–Crippen LogP) is 3.71. The minimum Gasteiger partial charge on any atom is -0.492 e. The molecule has 0 aromatic heterocycles. The van der Waals surface area contributed by atoms with Crippen LogP contribution in [0.15, 0.2) is 12.1 Å². The van der Waals surface area contributed by atoms with Crippen molar-refractivity contribution < 1.29 is 9.84 Å². The highest BCUT2D eigenvalue weighted by molar-refractivity contribution is 6.35. The zero-order chi connectivity index (χ0) is 14.2. The van der Waals surface area contributed by atoms with Crippen LogP contribution in [0, 0.1) is 0 Å². The first-order valence-corrected chi connectivity index (χ1v) is 7.90. The van der Waals surface area contributed by atoms with Gasteiger partial charge in [0.15, 0.2) is 0 Å². The van der Waals surface area contributed by atoms with Gasteiger partial charge >= 0.3 is 0 Å². The molecule has 20 heavy (non-hydrogen) atoms. The molecule has 0 bridgehead atoms. The second-order valence-corrected chi connectivity index (χ2v) is 6.65. The molecule has 1 heterocycles. The molecule has 3 rings (SSSR count). The van der Waals surface area contributed by atoms with E-state index >= 15 is 0 Å². The summed E-state index contributed by atoms with van der Waals surface area (Å²) >= 11 is 12.3. The van der Waals surface area contributed by atoms with Crippen LogP contribution in [0.1, 0.15) is 43.7 Å². The molecule has 0 spiro atoms. The molecular weight excluding hydrogens is 297 g/mol. The van der Waals surface area contributed by atoms with Crippen LogP contribution in [0.3, 0.4) is 0 Å². The number of fused-ring (bicyclic) bond motifs is 1. The Morgan fingerprint density at radius 2 is 2.05 bits per heavy atom. The smallest absolute Gasteiger partial charge is 0.142 e. The van der Waals surface area contributed by atoms with E-state index in [0.29, 0.717) is 23.2 Å². The van der Waals surface area contributed by atoms with E-state index in [9.17, 15) is 5.11 Å². The number of rotatable bonds is 3. The van der Waals surface area contributed by atoms with Crippen LogP contribution in [-0.4, -0.2) is 23.9 Å². The molecule has 1 aliphatic carbocycles. The summed E-state index contributed by atoms with van der Waals surface area (Å²) in [5, 5.41) is 15.1. The summed E-state index contributed by atoms with van der Waals surface area (Å²) in [6, 6.07) is 3.74. The Balaban J connectivity index is 1.76. The van der Waals surface area contributed by atoms with Gasteiger partial charge in [-0.05, 0) is 25.0 Å². The van der Waals surface area contributed by atoms with E-state index in [1.807, 2.05) is 6.07 Å². The van der Waals surface area contributed by atoms with Gasteiger partial charge in [-0.15, -0.1) is 0 Å². The van der Waals surface area contributed by atoms with Gasteiger partial charge in [-0.3, -0.25) is 0 Å². The summed E-state index contributed by atoms with van der Waals surface area (Å²) < 4.78 is 5.64. The Labute approximate surface area is 129 Å². The first-order chi connectivity index (χ1) is 9.57. The summed E-state index contributed by atoms with van der Waals surface area (Å²) in [4.78, 5) is 0. The number of halogens is 2. The van der Waals surface area contributed by atoms with Crippen LogP contribution in [-0.2, 0) is 0 Å². The van der Waals surface area contributed by atoms with Crippen LogP contribution in [0.2, 0.25) is 10.0 Å². The Morgan fingerprint density at radius 3 is 2.80 bits per heavy atom. The van der Waals surface area contributed by atoms with E-state index in [2.05, 4.69) is 5.32 Å². The monoisotopic (exact) mass is 315 g/mol. The highest BCUT2D eigenvalue weighted by Crippen LogP contribution is 2.40. The molecule has 2 aliphatic rings. The van der Waals surface area contributed by atoms with Gasteiger partial charge in [-0.1, -0.05) is 36.0 Å². The van der Waals surface area contributed by atoms with Crippen molar-refractivity contribution in [1.29, 1.82) is 0 Å². The van der Waals surface area contributed by atoms with Crippen molar-refractivity contribution in [2.24, 2.45) is 0 Å². The second-order valence-electron chi connectivity index (χ2n) is 5.81. The Morgan fingerprint density at radius 1 is 1.30 bits per heavy atom. The fourth-order valence-electron chi connectivity index (χ4n) is 3.16. The Hall–Kier alpha value is -0.480. The first-order valence-electron chi connectivity index (χ1n) is 7.15. The lowest BCUT2D eigenvalue weighted by molar-refractivity contribution is 0.0431. The fourth-order valence-corrected chi connectivity index (χ4v) is 3.72. The van der Waals surface area contributed by atoms with Crippen LogP contribution in [0.4, 0.5) is 0 Å². The maximum Gasteiger partial charge on any atom is 0.142 e. The van der Waals surface area contributed by atoms with Crippen molar-refractivity contribution in [2.45, 2.75) is 43.7 Å². The molecule has 110 valence electrons. The molecule has 0 amide bonds. The van der Waals surface area contributed by atoms with Gasteiger partial charge in [0.2, 0.25) is 0 Å². The molecule has 2 N–H and O–H groups in total. The Kier molecular flexibility index (Phi) is 4.14. The SMILES string of the molecule is OC1(CNC2CCOc3c(Cl)cc(Cl)cc32)CCCC1. The topological polar surface area (TPSA) is 41.5 Å². The lowest BCUT2D eigenvalue weighted by atomic mass is 9.97. The van der Waals surface area contributed by atoms with Crippen LogP contribution in [0.5, 0.6) is 5.75 Å². The number of aliphatic hydroxyl groups is 1. The molecule has 1 atom stereocenters. The number of nitrogens with one attached hydrogen (secondary N) is 1. The van der Waals surface area contributed by atoms with Crippen molar-refractivity contribution in [1.82, 2.24) is 5.32 Å². The van der Waals surface area contributed by atoms with E-state index < -0.39 is 5.60 Å². The molecule has 1 unspecified atom stereocenters. The van der Waals surface area contributed by atoms with Gasteiger partial charge in [-0.2, -0.15) is 0 Å². The summed E-state index contributed by atoms with van der Waals surface area (Å²) in [7, 11) is 0. The molecule has 1 fully saturated rings. The van der Waals surface area contributed by atoms with Crippen molar-refractivity contribution in [3.05, 3.63) is 27.7 Å². The van der Waals surface area contributed by atoms with Crippen molar-refractivity contribution >= 4 is 23.2 Å². The number of ether oxygens (including phenoxy) is 1. The number of hydrogen-bond acceptors (Lipinski definition) is 3. The van der Waals surface area contributed by atoms with Crippen molar-refractivity contribution in [2.75, 3.05) is 13.2 Å². The average Bonchev–Trinajstić information content (AvgIpc) is 2.84. The van der Waals surface area contributed by atoms with E-state index in [4.69, 9.17) is 27.9 Å². The average molecular weight is 316 g/mol. The first kappa shape index (κ1) is 14.5. The quantitative estimate of drug-likeness (QED) is 0.893. The molecule has 3 nitrogen and oxygen atoms in total. The van der Waals surface area contributed by atoms with E-state index in [-0.39, 0.29) is 6.04 Å². The fraction of sp³-hybridized carbons (Fsp3) is 0.600. The lowest BCUT2D eigenvalue weighted by Gasteiger charge is -2.31. The molecular formula is C15H19Cl2NO2. The summed E-state index contributed by atoms with van der Waals surface area (Å²) in [6.45, 7) is 1.24. The molecule has 1 aromatic rings.